The Labute approximate surface area is 163 Å². The molecule has 0 aromatic rings. The summed E-state index contributed by atoms with van der Waals surface area (Å²) in [7, 11) is 0. The van der Waals surface area contributed by atoms with Crippen LogP contribution in [0.2, 0.25) is 0 Å². The number of hydrogen-bond donors (Lipinski definition) is 2. The smallest absolute Gasteiger partial charge is 0.328 e. The first-order valence-corrected chi connectivity index (χ1v) is 9.18. The van der Waals surface area contributed by atoms with Gasteiger partial charge in [0.05, 0.1) is 6.42 Å². The fraction of sp³-hybridized carbons (Fsp3) is 0.812. The van der Waals surface area contributed by atoms with Crippen LogP contribution in [-0.2, 0) is 19.1 Å². The molecule has 2 atom stereocenters. The summed E-state index contributed by atoms with van der Waals surface area (Å²) in [5.41, 5.74) is 0. The molecule has 0 saturated carbocycles. The highest BCUT2D eigenvalue weighted by atomic mass is 35.6. The number of aliphatic hydroxyl groups excluding tert-OH is 1. The van der Waals surface area contributed by atoms with E-state index in [1.165, 1.54) is 0 Å². The van der Waals surface area contributed by atoms with Gasteiger partial charge in [0, 0.05) is 6.42 Å². The molecule has 0 rings (SSSR count). The molecular formula is C16H26Cl3NO5. The van der Waals surface area contributed by atoms with Gasteiger partial charge < -0.3 is 15.2 Å². The van der Waals surface area contributed by atoms with Crippen molar-refractivity contribution < 1.29 is 24.2 Å². The predicted octanol–water partition coefficient (Wildman–Crippen LogP) is 2.80. The Bertz CT molecular complexity index is 463. The Kier molecular flexibility index (Phi) is 11.0. The minimum absolute atomic E-state index is 0.0794. The number of Topliss-reactive ketones (excluding diaryl/α,β-unsaturated/α-hetero) is 1. The van der Waals surface area contributed by atoms with Crippen LogP contribution in [0.4, 0.5) is 0 Å². The molecule has 6 nitrogen and oxygen atoms in total. The van der Waals surface area contributed by atoms with E-state index in [-0.39, 0.29) is 18.3 Å². The maximum atomic E-state index is 12.1. The Morgan fingerprint density at radius 1 is 1.04 bits per heavy atom. The molecular weight excluding hydrogens is 393 g/mol. The number of alkyl halides is 3. The summed E-state index contributed by atoms with van der Waals surface area (Å²) >= 11 is 16.6. The Morgan fingerprint density at radius 2 is 1.60 bits per heavy atom. The molecule has 0 aromatic heterocycles. The van der Waals surface area contributed by atoms with Crippen molar-refractivity contribution in [2.75, 3.05) is 6.61 Å². The lowest BCUT2D eigenvalue weighted by molar-refractivity contribution is -0.148. The third-order valence-corrected chi connectivity index (χ3v) is 3.39. The number of carbonyl (C=O) groups excluding carboxylic acids is 3. The Morgan fingerprint density at radius 3 is 2.04 bits per heavy atom. The number of esters is 1. The van der Waals surface area contributed by atoms with Crippen LogP contribution in [0.5, 0.6) is 0 Å². The summed E-state index contributed by atoms with van der Waals surface area (Å²) in [4.78, 5) is 35.8. The van der Waals surface area contributed by atoms with Gasteiger partial charge in [-0.3, -0.25) is 9.59 Å². The first-order valence-electron chi connectivity index (χ1n) is 8.05. The molecule has 0 aliphatic heterocycles. The van der Waals surface area contributed by atoms with Gasteiger partial charge in [0.15, 0.2) is 5.78 Å². The van der Waals surface area contributed by atoms with Crippen LogP contribution in [0.1, 0.15) is 47.0 Å². The molecule has 0 aromatic carbocycles. The Hall–Kier alpha value is -0.560. The monoisotopic (exact) mass is 417 g/mol. The third-order valence-electron chi connectivity index (χ3n) is 3.06. The molecule has 2 unspecified atom stereocenters. The van der Waals surface area contributed by atoms with Crippen molar-refractivity contribution in [3.8, 4) is 0 Å². The van der Waals surface area contributed by atoms with E-state index in [4.69, 9.17) is 39.5 Å². The fourth-order valence-corrected chi connectivity index (χ4v) is 2.18. The van der Waals surface area contributed by atoms with E-state index in [1.54, 1.807) is 0 Å². The van der Waals surface area contributed by atoms with Gasteiger partial charge in [0.25, 0.3) is 0 Å². The highest BCUT2D eigenvalue weighted by molar-refractivity contribution is 6.67. The van der Waals surface area contributed by atoms with Crippen molar-refractivity contribution in [1.29, 1.82) is 0 Å². The number of ketones is 1. The van der Waals surface area contributed by atoms with Crippen LogP contribution in [-0.4, -0.2) is 45.3 Å². The number of ether oxygens (including phenoxy) is 1. The molecule has 2 N–H and O–H groups in total. The summed E-state index contributed by atoms with van der Waals surface area (Å²) in [6.07, 6.45) is -1.34. The lowest BCUT2D eigenvalue weighted by atomic mass is 10.0. The zero-order chi connectivity index (χ0) is 19.8. The summed E-state index contributed by atoms with van der Waals surface area (Å²) < 4.78 is 3.15. The molecule has 9 heteroatoms. The van der Waals surface area contributed by atoms with Crippen LogP contribution in [0.3, 0.4) is 0 Å². The fourth-order valence-electron chi connectivity index (χ4n) is 2.02. The van der Waals surface area contributed by atoms with Gasteiger partial charge in [-0.15, -0.1) is 0 Å². The minimum atomic E-state index is -1.75. The maximum absolute atomic E-state index is 12.1. The van der Waals surface area contributed by atoms with Crippen molar-refractivity contribution in [3.63, 3.8) is 0 Å². The molecule has 0 heterocycles. The van der Waals surface area contributed by atoms with Crippen LogP contribution < -0.4 is 5.32 Å². The van der Waals surface area contributed by atoms with Crippen molar-refractivity contribution in [1.82, 2.24) is 5.32 Å². The van der Waals surface area contributed by atoms with E-state index >= 15 is 0 Å². The maximum Gasteiger partial charge on any atom is 0.328 e. The quantitative estimate of drug-likeness (QED) is 0.420. The van der Waals surface area contributed by atoms with Gasteiger partial charge in [-0.05, 0) is 18.3 Å². The van der Waals surface area contributed by atoms with E-state index in [0.29, 0.717) is 6.42 Å². The van der Waals surface area contributed by atoms with E-state index in [0.717, 1.165) is 0 Å². The van der Waals surface area contributed by atoms with Crippen LogP contribution >= 0.6 is 34.8 Å². The second kappa shape index (κ2) is 11.2. The number of carbonyl (C=O) groups is 3. The second-order valence-electron chi connectivity index (χ2n) is 6.76. The Balaban J connectivity index is 4.71. The normalized spacial score (nSPS) is 14.3. The highest BCUT2D eigenvalue weighted by Crippen LogP contribution is 2.26. The van der Waals surface area contributed by atoms with Crippen LogP contribution in [0.15, 0.2) is 0 Å². The molecule has 0 radical (unpaired) electrons. The minimum Gasteiger partial charge on any atom is -0.460 e. The summed E-state index contributed by atoms with van der Waals surface area (Å²) in [5.74, 6) is -1.62. The second-order valence-corrected chi connectivity index (χ2v) is 9.27. The summed E-state index contributed by atoms with van der Waals surface area (Å²) in [6, 6.07) is -0.952. The predicted molar refractivity (Wildman–Crippen MR) is 97.7 cm³/mol. The largest absolute Gasteiger partial charge is 0.460 e. The van der Waals surface area contributed by atoms with Gasteiger partial charge in [-0.2, -0.15) is 0 Å². The molecule has 0 aliphatic rings. The van der Waals surface area contributed by atoms with E-state index in [9.17, 15) is 19.5 Å². The molecule has 146 valence electrons. The SMILES string of the molecule is CC(C)CC(=O)C(O)CC(=O)NC(CC(C)C)C(=O)OCC(Cl)(Cl)Cl. The summed E-state index contributed by atoms with van der Waals surface area (Å²) in [5, 5.41) is 12.3. The molecule has 0 bridgehead atoms. The molecule has 0 saturated heterocycles. The number of halogens is 3. The zero-order valence-electron chi connectivity index (χ0n) is 14.9. The molecule has 0 fully saturated rings. The van der Waals surface area contributed by atoms with Crippen molar-refractivity contribution in [2.45, 2.75) is 62.9 Å². The van der Waals surface area contributed by atoms with Gasteiger partial charge in [-0.1, -0.05) is 62.5 Å². The van der Waals surface area contributed by atoms with Crippen molar-refractivity contribution in [2.24, 2.45) is 11.8 Å². The van der Waals surface area contributed by atoms with Crippen molar-refractivity contribution in [3.05, 3.63) is 0 Å². The average molecular weight is 419 g/mol. The van der Waals surface area contributed by atoms with Gasteiger partial charge in [0.2, 0.25) is 9.70 Å². The standard InChI is InChI=1S/C16H26Cl3NO5/c1-9(2)5-11(15(24)25-8-16(17,18)19)20-14(23)7-13(22)12(21)6-10(3)4/h9-11,13,22H,5-8H2,1-4H3,(H,20,23). The van der Waals surface area contributed by atoms with Crippen LogP contribution in [0.25, 0.3) is 0 Å². The van der Waals surface area contributed by atoms with E-state index in [1.807, 2.05) is 27.7 Å². The number of aliphatic hydroxyl groups is 1. The first-order chi connectivity index (χ1) is 11.3. The number of hydrogen-bond acceptors (Lipinski definition) is 5. The average Bonchev–Trinajstić information content (AvgIpc) is 2.41. The zero-order valence-corrected chi connectivity index (χ0v) is 17.1. The molecule has 0 aliphatic carbocycles. The van der Waals surface area contributed by atoms with Gasteiger partial charge >= 0.3 is 5.97 Å². The van der Waals surface area contributed by atoms with Gasteiger partial charge in [0.1, 0.15) is 18.8 Å². The number of amides is 1. The third kappa shape index (κ3) is 12.4. The number of nitrogens with one attached hydrogen (secondary N) is 1. The first kappa shape index (κ1) is 24.4. The van der Waals surface area contributed by atoms with Crippen molar-refractivity contribution >= 4 is 52.5 Å². The number of rotatable bonds is 10. The topological polar surface area (TPSA) is 92.7 Å². The van der Waals surface area contributed by atoms with E-state index in [2.05, 4.69) is 5.32 Å². The lowest BCUT2D eigenvalue weighted by Crippen LogP contribution is -2.44. The lowest BCUT2D eigenvalue weighted by Gasteiger charge is -2.21. The summed E-state index contributed by atoms with van der Waals surface area (Å²) in [6.45, 7) is 6.95. The highest BCUT2D eigenvalue weighted by Gasteiger charge is 2.29. The van der Waals surface area contributed by atoms with Crippen LogP contribution in [0, 0.1) is 11.8 Å². The van der Waals surface area contributed by atoms with E-state index < -0.39 is 46.6 Å². The molecule has 0 spiro atoms. The molecule has 25 heavy (non-hydrogen) atoms. The van der Waals surface area contributed by atoms with Gasteiger partial charge in [-0.25, -0.2) is 4.79 Å². The molecule has 1 amide bonds.